The summed E-state index contributed by atoms with van der Waals surface area (Å²) in [6, 6.07) is 12.8. The number of thiazole rings is 1. The predicted octanol–water partition coefficient (Wildman–Crippen LogP) is 4.93. The van der Waals surface area contributed by atoms with Crippen molar-refractivity contribution in [3.05, 3.63) is 58.4 Å². The highest BCUT2D eigenvalue weighted by atomic mass is 35.5. The summed E-state index contributed by atoms with van der Waals surface area (Å²) in [5.74, 6) is 0.464. The van der Waals surface area contributed by atoms with Gasteiger partial charge >= 0.3 is 0 Å². The Morgan fingerprint density at radius 1 is 1.22 bits per heavy atom. The van der Waals surface area contributed by atoms with Crippen molar-refractivity contribution >= 4 is 34.3 Å². The standard InChI is InChI=1S/C17H13ClN2O2S/c1-22-15-8-4-5-11(16(15)21)9-19-17-20-14(10-23-17)12-6-2-3-7-13(12)18/h2-10,21H,1H3/b19-9+. The highest BCUT2D eigenvalue weighted by molar-refractivity contribution is 7.13. The zero-order valence-corrected chi connectivity index (χ0v) is 13.8. The molecule has 0 aliphatic carbocycles. The first-order valence-corrected chi connectivity index (χ1v) is 8.05. The summed E-state index contributed by atoms with van der Waals surface area (Å²) in [5, 5.41) is 13.2. The molecule has 0 aliphatic heterocycles. The molecule has 0 spiro atoms. The van der Waals surface area contributed by atoms with Crippen LogP contribution in [-0.2, 0) is 0 Å². The summed E-state index contributed by atoms with van der Waals surface area (Å²) in [6.45, 7) is 0. The summed E-state index contributed by atoms with van der Waals surface area (Å²) in [4.78, 5) is 8.76. The molecule has 0 radical (unpaired) electrons. The fourth-order valence-corrected chi connectivity index (χ4v) is 2.94. The maximum atomic E-state index is 10.0. The number of nitrogens with zero attached hydrogens (tertiary/aromatic N) is 2. The molecule has 0 fully saturated rings. The molecular weight excluding hydrogens is 332 g/mol. The molecule has 1 N–H and O–H groups in total. The minimum atomic E-state index is 0.0571. The molecule has 0 saturated carbocycles. The lowest BCUT2D eigenvalue weighted by Gasteiger charge is -2.04. The second-order valence-electron chi connectivity index (χ2n) is 4.65. The zero-order valence-electron chi connectivity index (χ0n) is 12.2. The molecule has 0 bridgehead atoms. The van der Waals surface area contributed by atoms with Gasteiger partial charge in [-0.05, 0) is 18.2 Å². The van der Waals surface area contributed by atoms with Gasteiger partial charge in [-0.3, -0.25) is 0 Å². The Balaban J connectivity index is 1.86. The zero-order chi connectivity index (χ0) is 16.2. The largest absolute Gasteiger partial charge is 0.504 e. The van der Waals surface area contributed by atoms with E-state index in [1.54, 1.807) is 24.4 Å². The van der Waals surface area contributed by atoms with E-state index >= 15 is 0 Å². The Labute approximate surface area is 142 Å². The van der Waals surface area contributed by atoms with Crippen LogP contribution >= 0.6 is 22.9 Å². The van der Waals surface area contributed by atoms with Gasteiger partial charge in [0.1, 0.15) is 0 Å². The van der Waals surface area contributed by atoms with Gasteiger partial charge in [0, 0.05) is 27.7 Å². The van der Waals surface area contributed by atoms with Crippen LogP contribution in [0.15, 0.2) is 52.8 Å². The van der Waals surface area contributed by atoms with Gasteiger partial charge in [0.05, 0.1) is 12.8 Å². The van der Waals surface area contributed by atoms with E-state index in [9.17, 15) is 5.11 Å². The molecule has 4 nitrogen and oxygen atoms in total. The van der Waals surface area contributed by atoms with Crippen LogP contribution in [0.5, 0.6) is 11.5 Å². The number of phenolic OH excluding ortho intramolecular Hbond substituents is 1. The molecule has 1 aromatic heterocycles. The number of aromatic hydroxyl groups is 1. The van der Waals surface area contributed by atoms with Gasteiger partial charge in [-0.1, -0.05) is 35.9 Å². The lowest BCUT2D eigenvalue weighted by molar-refractivity contribution is 0.373. The van der Waals surface area contributed by atoms with Crippen LogP contribution in [0.4, 0.5) is 5.13 Å². The van der Waals surface area contributed by atoms with Crippen LogP contribution in [0.2, 0.25) is 5.02 Å². The Bertz CT molecular complexity index is 861. The van der Waals surface area contributed by atoms with Gasteiger partial charge in [0.15, 0.2) is 11.5 Å². The third-order valence-corrected chi connectivity index (χ3v) is 4.28. The average molecular weight is 345 g/mol. The van der Waals surface area contributed by atoms with Crippen molar-refractivity contribution in [1.29, 1.82) is 0 Å². The maximum absolute atomic E-state index is 10.0. The maximum Gasteiger partial charge on any atom is 0.209 e. The van der Waals surface area contributed by atoms with Gasteiger partial charge < -0.3 is 9.84 Å². The van der Waals surface area contributed by atoms with Crippen LogP contribution in [0, 0.1) is 0 Å². The highest BCUT2D eigenvalue weighted by Crippen LogP contribution is 2.32. The summed E-state index contributed by atoms with van der Waals surface area (Å²) >= 11 is 7.58. The van der Waals surface area contributed by atoms with Gasteiger partial charge in [0.2, 0.25) is 5.13 Å². The number of ether oxygens (including phenoxy) is 1. The highest BCUT2D eigenvalue weighted by Gasteiger charge is 2.08. The number of halogens is 1. The average Bonchev–Trinajstić information content (AvgIpc) is 3.03. The first-order chi connectivity index (χ1) is 11.2. The van der Waals surface area contributed by atoms with Gasteiger partial charge in [0.25, 0.3) is 0 Å². The molecule has 2 aromatic carbocycles. The minimum Gasteiger partial charge on any atom is -0.504 e. The molecule has 0 atom stereocenters. The second-order valence-corrected chi connectivity index (χ2v) is 5.90. The molecule has 116 valence electrons. The van der Waals surface area contributed by atoms with E-state index in [4.69, 9.17) is 16.3 Å². The minimum absolute atomic E-state index is 0.0571. The molecule has 3 aromatic rings. The SMILES string of the molecule is COc1cccc(/C=N/c2nc(-c3ccccc3Cl)cs2)c1O. The summed E-state index contributed by atoms with van der Waals surface area (Å²) in [7, 11) is 1.51. The fraction of sp³-hybridized carbons (Fsp3) is 0.0588. The van der Waals surface area contributed by atoms with Crippen LogP contribution in [0.1, 0.15) is 5.56 Å². The summed E-state index contributed by atoms with van der Waals surface area (Å²) < 4.78 is 5.07. The van der Waals surface area contributed by atoms with E-state index in [2.05, 4.69) is 9.98 Å². The second kappa shape index (κ2) is 6.81. The number of aliphatic imine (C=N–C) groups is 1. The van der Waals surface area contributed by atoms with Crippen molar-refractivity contribution in [1.82, 2.24) is 4.98 Å². The van der Waals surface area contributed by atoms with Crippen molar-refractivity contribution < 1.29 is 9.84 Å². The van der Waals surface area contributed by atoms with Crippen molar-refractivity contribution in [2.45, 2.75) is 0 Å². The van der Waals surface area contributed by atoms with E-state index in [-0.39, 0.29) is 5.75 Å². The molecule has 0 amide bonds. The number of hydrogen-bond donors (Lipinski definition) is 1. The van der Waals surface area contributed by atoms with Crippen molar-refractivity contribution in [3.63, 3.8) is 0 Å². The van der Waals surface area contributed by atoms with Gasteiger partial charge in [-0.25, -0.2) is 9.98 Å². The lowest BCUT2D eigenvalue weighted by Crippen LogP contribution is -1.88. The summed E-state index contributed by atoms with van der Waals surface area (Å²) in [6.07, 6.45) is 1.56. The van der Waals surface area contributed by atoms with E-state index in [1.165, 1.54) is 18.4 Å². The fourth-order valence-electron chi connectivity index (χ4n) is 2.05. The van der Waals surface area contributed by atoms with Crippen molar-refractivity contribution in [2.75, 3.05) is 7.11 Å². The molecule has 0 saturated heterocycles. The predicted molar refractivity (Wildman–Crippen MR) is 94.5 cm³/mol. The molecule has 23 heavy (non-hydrogen) atoms. The summed E-state index contributed by atoms with van der Waals surface area (Å²) in [5.41, 5.74) is 2.22. The number of methoxy groups -OCH3 is 1. The monoisotopic (exact) mass is 344 g/mol. The number of benzene rings is 2. The first kappa shape index (κ1) is 15.5. The Hall–Kier alpha value is -2.37. The number of para-hydroxylation sites is 1. The number of rotatable bonds is 4. The molecule has 3 rings (SSSR count). The lowest BCUT2D eigenvalue weighted by atomic mass is 10.2. The van der Waals surface area contributed by atoms with Crippen molar-refractivity contribution in [3.8, 4) is 22.8 Å². The third-order valence-electron chi connectivity index (χ3n) is 3.21. The van der Waals surface area contributed by atoms with Gasteiger partial charge in [-0.15, -0.1) is 11.3 Å². The van der Waals surface area contributed by atoms with E-state index in [0.717, 1.165) is 11.3 Å². The molecule has 6 heteroatoms. The first-order valence-electron chi connectivity index (χ1n) is 6.79. The molecule has 1 heterocycles. The normalized spacial score (nSPS) is 11.0. The van der Waals surface area contributed by atoms with Crippen LogP contribution in [0.3, 0.4) is 0 Å². The number of aromatic nitrogens is 1. The topological polar surface area (TPSA) is 54.7 Å². The molecular formula is C17H13ClN2O2S. The Kier molecular flexibility index (Phi) is 4.60. The Morgan fingerprint density at radius 3 is 2.83 bits per heavy atom. The van der Waals surface area contributed by atoms with E-state index in [1.807, 2.05) is 29.6 Å². The smallest absolute Gasteiger partial charge is 0.209 e. The van der Waals surface area contributed by atoms with E-state index in [0.29, 0.717) is 21.5 Å². The van der Waals surface area contributed by atoms with Crippen LogP contribution < -0.4 is 4.74 Å². The Morgan fingerprint density at radius 2 is 2.04 bits per heavy atom. The van der Waals surface area contributed by atoms with E-state index < -0.39 is 0 Å². The van der Waals surface area contributed by atoms with Crippen molar-refractivity contribution in [2.24, 2.45) is 4.99 Å². The van der Waals surface area contributed by atoms with Crippen LogP contribution in [-0.4, -0.2) is 23.4 Å². The van der Waals surface area contributed by atoms with Crippen LogP contribution in [0.25, 0.3) is 11.3 Å². The quantitative estimate of drug-likeness (QED) is 0.683. The number of phenols is 1. The third kappa shape index (κ3) is 3.36. The molecule has 0 unspecified atom stereocenters. The molecule has 0 aliphatic rings. The number of hydrogen-bond acceptors (Lipinski definition) is 5. The van der Waals surface area contributed by atoms with Gasteiger partial charge in [-0.2, -0.15) is 0 Å².